The molecule has 0 fully saturated rings. The van der Waals surface area contributed by atoms with Crippen molar-refractivity contribution in [3.63, 3.8) is 0 Å². The number of rotatable bonds is 5. The highest BCUT2D eigenvalue weighted by Crippen LogP contribution is 2.32. The highest BCUT2D eigenvalue weighted by molar-refractivity contribution is 6.30. The molecule has 0 saturated heterocycles. The molecule has 0 unspecified atom stereocenters. The molecule has 20 heavy (non-hydrogen) atoms. The van der Waals surface area contributed by atoms with Gasteiger partial charge >= 0.3 is 0 Å². The Balaban J connectivity index is 2.24. The molecule has 0 aliphatic rings. The van der Waals surface area contributed by atoms with Crippen molar-refractivity contribution in [2.24, 2.45) is 0 Å². The standard InChI is InChI=1S/C15H16ClFN2O/c1-2-8-20-14-5-3-4-13(15(14)18)19-12-7-6-10(16)9-11(12)17/h3-7,9,19H,2,8,18H2,1H3. The van der Waals surface area contributed by atoms with E-state index in [1.807, 2.05) is 6.92 Å². The molecule has 5 heteroatoms. The third-order valence-corrected chi connectivity index (χ3v) is 2.96. The summed E-state index contributed by atoms with van der Waals surface area (Å²) in [4.78, 5) is 0. The summed E-state index contributed by atoms with van der Waals surface area (Å²) in [5, 5.41) is 3.29. The number of nitrogens with one attached hydrogen (secondary N) is 1. The third-order valence-electron chi connectivity index (χ3n) is 2.73. The second kappa shape index (κ2) is 6.48. The summed E-state index contributed by atoms with van der Waals surface area (Å²) in [6.45, 7) is 2.60. The minimum atomic E-state index is -0.434. The van der Waals surface area contributed by atoms with Crippen molar-refractivity contribution in [3.8, 4) is 5.75 Å². The number of nitrogen functional groups attached to an aromatic ring is 1. The van der Waals surface area contributed by atoms with E-state index in [4.69, 9.17) is 22.1 Å². The number of nitrogens with two attached hydrogens (primary N) is 1. The second-order valence-electron chi connectivity index (χ2n) is 4.32. The average Bonchev–Trinajstić information content (AvgIpc) is 2.42. The first-order valence-corrected chi connectivity index (χ1v) is 6.73. The van der Waals surface area contributed by atoms with Gasteiger partial charge in [0.1, 0.15) is 11.6 Å². The fraction of sp³-hybridized carbons (Fsp3) is 0.200. The second-order valence-corrected chi connectivity index (χ2v) is 4.75. The topological polar surface area (TPSA) is 47.3 Å². The molecule has 0 bridgehead atoms. The highest BCUT2D eigenvalue weighted by atomic mass is 35.5. The van der Waals surface area contributed by atoms with E-state index < -0.39 is 5.82 Å². The van der Waals surface area contributed by atoms with Crippen molar-refractivity contribution < 1.29 is 9.13 Å². The van der Waals surface area contributed by atoms with Gasteiger partial charge in [-0.2, -0.15) is 0 Å². The first kappa shape index (κ1) is 14.5. The number of ether oxygens (including phenoxy) is 1. The summed E-state index contributed by atoms with van der Waals surface area (Å²) in [7, 11) is 0. The molecular weight excluding hydrogens is 279 g/mol. The van der Waals surface area contributed by atoms with Crippen LogP contribution >= 0.6 is 11.6 Å². The van der Waals surface area contributed by atoms with Gasteiger partial charge in [0.25, 0.3) is 0 Å². The zero-order chi connectivity index (χ0) is 14.5. The molecule has 2 aromatic carbocycles. The minimum Gasteiger partial charge on any atom is -0.491 e. The molecule has 2 aromatic rings. The van der Waals surface area contributed by atoms with Gasteiger partial charge < -0.3 is 15.8 Å². The molecule has 3 N–H and O–H groups in total. The Bertz CT molecular complexity index is 604. The number of halogens is 2. The lowest BCUT2D eigenvalue weighted by atomic mass is 10.2. The molecule has 0 atom stereocenters. The smallest absolute Gasteiger partial charge is 0.148 e. The van der Waals surface area contributed by atoms with Crippen molar-refractivity contribution in [2.45, 2.75) is 13.3 Å². The summed E-state index contributed by atoms with van der Waals surface area (Å²) in [5.41, 5.74) is 7.38. The lowest BCUT2D eigenvalue weighted by Gasteiger charge is -2.14. The fourth-order valence-electron chi connectivity index (χ4n) is 1.73. The molecule has 2 rings (SSSR count). The Kier molecular flexibility index (Phi) is 4.69. The highest BCUT2D eigenvalue weighted by Gasteiger charge is 2.09. The zero-order valence-corrected chi connectivity index (χ0v) is 11.9. The van der Waals surface area contributed by atoms with Crippen LogP contribution in [0.1, 0.15) is 13.3 Å². The lowest BCUT2D eigenvalue weighted by molar-refractivity contribution is 0.319. The number of anilines is 3. The monoisotopic (exact) mass is 294 g/mol. The Morgan fingerprint density at radius 2 is 2.05 bits per heavy atom. The Labute approximate surface area is 122 Å². The summed E-state index contributed by atoms with van der Waals surface area (Å²) < 4.78 is 19.3. The maximum atomic E-state index is 13.8. The maximum Gasteiger partial charge on any atom is 0.148 e. The summed E-state index contributed by atoms with van der Waals surface area (Å²) in [5.74, 6) is 0.156. The summed E-state index contributed by atoms with van der Waals surface area (Å²) in [6, 6.07) is 9.78. The minimum absolute atomic E-state index is 0.314. The molecule has 0 aliphatic heterocycles. The van der Waals surface area contributed by atoms with Crippen LogP contribution in [0.15, 0.2) is 36.4 Å². The molecule has 0 spiro atoms. The van der Waals surface area contributed by atoms with E-state index in [0.29, 0.717) is 34.4 Å². The molecular formula is C15H16ClFN2O. The van der Waals surface area contributed by atoms with Gasteiger partial charge in [0, 0.05) is 5.02 Å². The lowest BCUT2D eigenvalue weighted by Crippen LogP contribution is -2.03. The average molecular weight is 295 g/mol. The van der Waals surface area contributed by atoms with Gasteiger partial charge in [-0.15, -0.1) is 0 Å². The number of hydrogen-bond donors (Lipinski definition) is 2. The SMILES string of the molecule is CCCOc1cccc(Nc2ccc(Cl)cc2F)c1N. The summed E-state index contributed by atoms with van der Waals surface area (Å²) >= 11 is 5.72. The molecule has 0 aliphatic carbocycles. The first-order chi connectivity index (χ1) is 9.61. The van der Waals surface area contributed by atoms with Crippen LogP contribution < -0.4 is 15.8 Å². The van der Waals surface area contributed by atoms with Gasteiger partial charge in [-0.1, -0.05) is 24.6 Å². The zero-order valence-electron chi connectivity index (χ0n) is 11.1. The van der Waals surface area contributed by atoms with Crippen molar-refractivity contribution in [1.29, 1.82) is 0 Å². The van der Waals surface area contributed by atoms with Crippen LogP contribution in [0.25, 0.3) is 0 Å². The van der Waals surface area contributed by atoms with E-state index in [0.717, 1.165) is 6.42 Å². The van der Waals surface area contributed by atoms with Gasteiger partial charge in [-0.3, -0.25) is 0 Å². The van der Waals surface area contributed by atoms with Crippen molar-refractivity contribution in [2.75, 3.05) is 17.7 Å². The number of benzene rings is 2. The van der Waals surface area contributed by atoms with E-state index in [1.165, 1.54) is 6.07 Å². The van der Waals surface area contributed by atoms with E-state index in [1.54, 1.807) is 30.3 Å². The van der Waals surface area contributed by atoms with Crippen molar-refractivity contribution >= 4 is 28.7 Å². The predicted molar refractivity (Wildman–Crippen MR) is 81.3 cm³/mol. The van der Waals surface area contributed by atoms with Gasteiger partial charge in [0.05, 0.1) is 23.7 Å². The molecule has 0 saturated carbocycles. The molecule has 0 amide bonds. The Morgan fingerprint density at radius 1 is 1.25 bits per heavy atom. The quantitative estimate of drug-likeness (QED) is 0.793. The third kappa shape index (κ3) is 3.33. The van der Waals surface area contributed by atoms with Crippen LogP contribution in [0.3, 0.4) is 0 Å². The predicted octanol–water partition coefficient (Wildman–Crippen LogP) is 4.59. The molecule has 106 valence electrons. The van der Waals surface area contributed by atoms with Crippen LogP contribution in [0.4, 0.5) is 21.5 Å². The van der Waals surface area contributed by atoms with Gasteiger partial charge in [-0.05, 0) is 36.8 Å². The largest absolute Gasteiger partial charge is 0.491 e. The van der Waals surface area contributed by atoms with E-state index in [9.17, 15) is 4.39 Å². The summed E-state index contributed by atoms with van der Waals surface area (Å²) in [6.07, 6.45) is 0.892. The molecule has 0 aromatic heterocycles. The normalized spacial score (nSPS) is 10.3. The first-order valence-electron chi connectivity index (χ1n) is 6.35. The van der Waals surface area contributed by atoms with Crippen LogP contribution in [0, 0.1) is 5.82 Å². The van der Waals surface area contributed by atoms with Crippen LogP contribution in [0.5, 0.6) is 5.75 Å². The number of hydrogen-bond acceptors (Lipinski definition) is 3. The molecule has 0 heterocycles. The molecule has 3 nitrogen and oxygen atoms in total. The Morgan fingerprint density at radius 3 is 2.75 bits per heavy atom. The van der Waals surface area contributed by atoms with Crippen molar-refractivity contribution in [1.82, 2.24) is 0 Å². The Hall–Kier alpha value is -1.94. The van der Waals surface area contributed by atoms with Crippen LogP contribution in [-0.4, -0.2) is 6.61 Å². The van der Waals surface area contributed by atoms with Gasteiger partial charge in [0.15, 0.2) is 0 Å². The van der Waals surface area contributed by atoms with Crippen LogP contribution in [-0.2, 0) is 0 Å². The van der Waals surface area contributed by atoms with Gasteiger partial charge in [0.2, 0.25) is 0 Å². The van der Waals surface area contributed by atoms with Crippen molar-refractivity contribution in [3.05, 3.63) is 47.2 Å². The fourth-order valence-corrected chi connectivity index (χ4v) is 1.89. The van der Waals surface area contributed by atoms with Gasteiger partial charge in [-0.25, -0.2) is 4.39 Å². The van der Waals surface area contributed by atoms with E-state index >= 15 is 0 Å². The van der Waals surface area contributed by atoms with E-state index in [-0.39, 0.29) is 0 Å². The molecule has 0 radical (unpaired) electrons. The van der Waals surface area contributed by atoms with Crippen LogP contribution in [0.2, 0.25) is 5.02 Å². The number of para-hydroxylation sites is 1. The maximum absolute atomic E-state index is 13.8. The van der Waals surface area contributed by atoms with E-state index in [2.05, 4.69) is 5.32 Å².